The van der Waals surface area contributed by atoms with Crippen LogP contribution >= 0.6 is 11.8 Å². The van der Waals surface area contributed by atoms with Crippen molar-refractivity contribution < 1.29 is 14.2 Å². The van der Waals surface area contributed by atoms with Crippen LogP contribution in [0.15, 0.2) is 0 Å². The molecule has 0 amide bonds. The van der Waals surface area contributed by atoms with Gasteiger partial charge in [0, 0.05) is 26.4 Å². The molecule has 1 rings (SSSR count). The first-order valence-corrected chi connectivity index (χ1v) is 10.1. The molecule has 0 radical (unpaired) electrons. The van der Waals surface area contributed by atoms with Crippen LogP contribution in [0.5, 0.6) is 0 Å². The molecule has 1 unspecified atom stereocenters. The third-order valence-corrected chi connectivity index (χ3v) is 4.46. The van der Waals surface area contributed by atoms with Gasteiger partial charge in [0.05, 0.1) is 0 Å². The van der Waals surface area contributed by atoms with Gasteiger partial charge in [0.15, 0.2) is 6.29 Å². The summed E-state index contributed by atoms with van der Waals surface area (Å²) in [7, 11) is 0. The van der Waals surface area contributed by atoms with E-state index in [1.807, 2.05) is 11.8 Å². The van der Waals surface area contributed by atoms with Crippen molar-refractivity contribution >= 4 is 11.8 Å². The molecular weight excluding hydrogens is 284 g/mol. The van der Waals surface area contributed by atoms with Gasteiger partial charge in [0.1, 0.15) is 0 Å². The Kier molecular flexibility index (Phi) is 13.9. The van der Waals surface area contributed by atoms with E-state index in [-0.39, 0.29) is 6.29 Å². The summed E-state index contributed by atoms with van der Waals surface area (Å²) in [4.78, 5) is 0. The van der Waals surface area contributed by atoms with Gasteiger partial charge in [-0.1, -0.05) is 19.3 Å². The van der Waals surface area contributed by atoms with Crippen LogP contribution in [0, 0.1) is 0 Å². The Morgan fingerprint density at radius 3 is 2.33 bits per heavy atom. The van der Waals surface area contributed by atoms with E-state index in [4.69, 9.17) is 14.2 Å². The summed E-state index contributed by atoms with van der Waals surface area (Å²) in [6.45, 7) is 3.61. The number of hydrogen-bond acceptors (Lipinski definition) is 4. The lowest BCUT2D eigenvalue weighted by molar-refractivity contribution is -0.162. The topological polar surface area (TPSA) is 27.7 Å². The molecule has 1 atom stereocenters. The molecule has 1 aliphatic heterocycles. The Hall–Kier alpha value is 0.230. The SMILES string of the molecule is CSCCCCOCCCCCCCOC1CCCCO1. The van der Waals surface area contributed by atoms with Crippen molar-refractivity contribution in [1.29, 1.82) is 0 Å². The minimum absolute atomic E-state index is 0.0817. The largest absolute Gasteiger partial charge is 0.381 e. The van der Waals surface area contributed by atoms with E-state index >= 15 is 0 Å². The predicted molar refractivity (Wildman–Crippen MR) is 91.1 cm³/mol. The standard InChI is InChI=1S/C17H34O3S/c1-21-16-10-9-13-18-12-6-3-2-4-7-14-19-17-11-5-8-15-20-17/h17H,2-16H2,1H3. The van der Waals surface area contributed by atoms with Gasteiger partial charge in [0.2, 0.25) is 0 Å². The summed E-state index contributed by atoms with van der Waals surface area (Å²) >= 11 is 1.92. The molecule has 4 heteroatoms. The lowest BCUT2D eigenvalue weighted by Crippen LogP contribution is -2.22. The highest BCUT2D eigenvalue weighted by molar-refractivity contribution is 7.98. The molecule has 0 aromatic carbocycles. The van der Waals surface area contributed by atoms with Crippen LogP contribution in [-0.4, -0.2) is 44.7 Å². The van der Waals surface area contributed by atoms with Crippen LogP contribution in [0.1, 0.15) is 64.2 Å². The molecular formula is C17H34O3S. The zero-order valence-electron chi connectivity index (χ0n) is 13.8. The first-order valence-electron chi connectivity index (χ1n) is 8.73. The fourth-order valence-corrected chi connectivity index (χ4v) is 2.94. The molecule has 126 valence electrons. The Bertz CT molecular complexity index is 208. The van der Waals surface area contributed by atoms with Crippen LogP contribution < -0.4 is 0 Å². The molecule has 1 aliphatic rings. The molecule has 1 heterocycles. The molecule has 0 saturated carbocycles. The first-order chi connectivity index (χ1) is 10.4. The highest BCUT2D eigenvalue weighted by Gasteiger charge is 2.13. The summed E-state index contributed by atoms with van der Waals surface area (Å²) in [5.74, 6) is 1.26. The zero-order chi connectivity index (χ0) is 15.0. The van der Waals surface area contributed by atoms with E-state index in [2.05, 4.69) is 6.26 Å². The van der Waals surface area contributed by atoms with E-state index in [9.17, 15) is 0 Å². The van der Waals surface area contributed by atoms with E-state index in [1.54, 1.807) is 0 Å². The Morgan fingerprint density at radius 1 is 0.905 bits per heavy atom. The fourth-order valence-electron chi connectivity index (χ4n) is 2.45. The minimum Gasteiger partial charge on any atom is -0.381 e. The van der Waals surface area contributed by atoms with Crippen molar-refractivity contribution in [2.75, 3.05) is 38.4 Å². The molecule has 0 aromatic heterocycles. The highest BCUT2D eigenvalue weighted by atomic mass is 32.2. The quantitative estimate of drug-likeness (QED) is 0.436. The van der Waals surface area contributed by atoms with Crippen molar-refractivity contribution in [3.05, 3.63) is 0 Å². The molecule has 1 fully saturated rings. The van der Waals surface area contributed by atoms with Gasteiger partial charge >= 0.3 is 0 Å². The Labute approximate surface area is 135 Å². The Balaban J connectivity index is 1.69. The number of ether oxygens (including phenoxy) is 3. The zero-order valence-corrected chi connectivity index (χ0v) is 14.6. The van der Waals surface area contributed by atoms with Gasteiger partial charge in [-0.05, 0) is 57.0 Å². The van der Waals surface area contributed by atoms with Crippen LogP contribution in [0.25, 0.3) is 0 Å². The summed E-state index contributed by atoms with van der Waals surface area (Å²) < 4.78 is 16.9. The summed E-state index contributed by atoms with van der Waals surface area (Å²) in [5.41, 5.74) is 0. The summed E-state index contributed by atoms with van der Waals surface area (Å²) in [5, 5.41) is 0. The van der Waals surface area contributed by atoms with Crippen molar-refractivity contribution in [1.82, 2.24) is 0 Å². The van der Waals surface area contributed by atoms with E-state index in [0.717, 1.165) is 39.3 Å². The maximum Gasteiger partial charge on any atom is 0.157 e. The average molecular weight is 319 g/mol. The van der Waals surface area contributed by atoms with E-state index in [1.165, 1.54) is 57.1 Å². The molecule has 1 saturated heterocycles. The normalized spacial score (nSPS) is 19.0. The van der Waals surface area contributed by atoms with Crippen molar-refractivity contribution in [2.24, 2.45) is 0 Å². The number of thioether (sulfide) groups is 1. The second kappa shape index (κ2) is 15.1. The van der Waals surface area contributed by atoms with Crippen LogP contribution in [0.3, 0.4) is 0 Å². The van der Waals surface area contributed by atoms with Crippen molar-refractivity contribution in [2.45, 2.75) is 70.5 Å². The molecule has 3 nitrogen and oxygen atoms in total. The van der Waals surface area contributed by atoms with Gasteiger partial charge in [-0.25, -0.2) is 0 Å². The van der Waals surface area contributed by atoms with E-state index < -0.39 is 0 Å². The van der Waals surface area contributed by atoms with Crippen molar-refractivity contribution in [3.8, 4) is 0 Å². The molecule has 21 heavy (non-hydrogen) atoms. The van der Waals surface area contributed by atoms with E-state index in [0.29, 0.717) is 0 Å². The maximum absolute atomic E-state index is 5.73. The monoisotopic (exact) mass is 318 g/mol. The predicted octanol–water partition coefficient (Wildman–Crippen LogP) is 4.64. The minimum atomic E-state index is 0.0817. The number of unbranched alkanes of at least 4 members (excludes halogenated alkanes) is 5. The van der Waals surface area contributed by atoms with Gasteiger partial charge in [-0.3, -0.25) is 0 Å². The highest BCUT2D eigenvalue weighted by Crippen LogP contribution is 2.14. The number of rotatable bonds is 14. The van der Waals surface area contributed by atoms with Crippen LogP contribution in [0.2, 0.25) is 0 Å². The molecule has 0 aromatic rings. The lowest BCUT2D eigenvalue weighted by Gasteiger charge is -2.22. The van der Waals surface area contributed by atoms with Gasteiger partial charge in [-0.15, -0.1) is 0 Å². The van der Waals surface area contributed by atoms with Crippen molar-refractivity contribution in [3.63, 3.8) is 0 Å². The Morgan fingerprint density at radius 2 is 1.62 bits per heavy atom. The third-order valence-electron chi connectivity index (χ3n) is 3.76. The third kappa shape index (κ3) is 12.5. The van der Waals surface area contributed by atoms with Gasteiger partial charge < -0.3 is 14.2 Å². The summed E-state index contributed by atoms with van der Waals surface area (Å²) in [6, 6.07) is 0. The van der Waals surface area contributed by atoms with Gasteiger partial charge in [0.25, 0.3) is 0 Å². The lowest BCUT2D eigenvalue weighted by atomic mass is 10.1. The van der Waals surface area contributed by atoms with Gasteiger partial charge in [-0.2, -0.15) is 11.8 Å². The van der Waals surface area contributed by atoms with Crippen LogP contribution in [0.4, 0.5) is 0 Å². The number of hydrogen-bond donors (Lipinski definition) is 0. The average Bonchev–Trinajstić information content (AvgIpc) is 2.53. The summed E-state index contributed by atoms with van der Waals surface area (Å²) in [6.07, 6.45) is 14.5. The molecule has 0 aliphatic carbocycles. The van der Waals surface area contributed by atoms with Crippen LogP contribution in [-0.2, 0) is 14.2 Å². The molecule has 0 spiro atoms. The maximum atomic E-state index is 5.73. The fraction of sp³-hybridized carbons (Fsp3) is 1.00. The second-order valence-electron chi connectivity index (χ2n) is 5.75. The second-order valence-corrected chi connectivity index (χ2v) is 6.73. The first kappa shape index (κ1) is 19.3. The molecule has 0 bridgehead atoms. The molecule has 0 N–H and O–H groups in total. The smallest absolute Gasteiger partial charge is 0.157 e.